The molecular formula is C17H17NO3. The van der Waals surface area contributed by atoms with Gasteiger partial charge in [-0.25, -0.2) is 0 Å². The van der Waals surface area contributed by atoms with Crippen molar-refractivity contribution in [3.8, 4) is 0 Å². The van der Waals surface area contributed by atoms with Crippen LogP contribution in [0, 0.1) is 0 Å². The molecule has 21 heavy (non-hydrogen) atoms. The summed E-state index contributed by atoms with van der Waals surface area (Å²) in [5.41, 5.74) is 2.52. The third-order valence-corrected chi connectivity index (χ3v) is 3.57. The molecule has 0 saturated carbocycles. The summed E-state index contributed by atoms with van der Waals surface area (Å²) in [6.07, 6.45) is -0.426. The van der Waals surface area contributed by atoms with Gasteiger partial charge in [0.25, 0.3) is 5.91 Å². The number of hydrogen-bond acceptors (Lipinski definition) is 3. The quantitative estimate of drug-likeness (QED) is 0.850. The number of carbonyl (C=O) groups excluding carboxylic acids is 1. The Bertz CT molecular complexity index is 627. The molecule has 108 valence electrons. The zero-order valence-corrected chi connectivity index (χ0v) is 11.9. The first kappa shape index (κ1) is 13.8. The summed E-state index contributed by atoms with van der Waals surface area (Å²) in [7, 11) is 1.59. The molecule has 0 fully saturated rings. The second-order valence-corrected chi connectivity index (χ2v) is 4.89. The van der Waals surface area contributed by atoms with E-state index in [-0.39, 0.29) is 5.91 Å². The molecule has 4 heteroatoms. The maximum absolute atomic E-state index is 12.8. The average Bonchev–Trinajstić information content (AvgIpc) is 2.74. The molecule has 0 aromatic heterocycles. The van der Waals surface area contributed by atoms with E-state index >= 15 is 0 Å². The standard InChI is InChI=1S/C17H17NO3/c1-20-16-11-18(17(19)13-7-3-2-4-8-13)15-10-6-5-9-14(15)12-21-16/h2-10,16H,11-12H2,1H3/t16-/m1/s1. The van der Waals surface area contributed by atoms with Crippen molar-refractivity contribution in [2.24, 2.45) is 0 Å². The van der Waals surface area contributed by atoms with Crippen LogP contribution in [0.2, 0.25) is 0 Å². The van der Waals surface area contributed by atoms with E-state index in [1.54, 1.807) is 12.0 Å². The molecule has 1 amide bonds. The van der Waals surface area contributed by atoms with Crippen LogP contribution in [0.1, 0.15) is 15.9 Å². The molecule has 1 aliphatic rings. The third kappa shape index (κ3) is 2.82. The molecule has 2 aromatic carbocycles. The first-order valence-corrected chi connectivity index (χ1v) is 6.89. The van der Waals surface area contributed by atoms with Gasteiger partial charge in [-0.15, -0.1) is 0 Å². The number of para-hydroxylation sites is 1. The Hall–Kier alpha value is -2.17. The van der Waals surface area contributed by atoms with E-state index in [4.69, 9.17) is 9.47 Å². The molecule has 0 unspecified atom stereocenters. The first-order valence-electron chi connectivity index (χ1n) is 6.89. The number of benzene rings is 2. The van der Waals surface area contributed by atoms with Crippen LogP contribution in [-0.2, 0) is 16.1 Å². The summed E-state index contributed by atoms with van der Waals surface area (Å²) >= 11 is 0. The lowest BCUT2D eigenvalue weighted by molar-refractivity contribution is -0.121. The Morgan fingerprint density at radius 1 is 1.14 bits per heavy atom. The summed E-state index contributed by atoms with van der Waals surface area (Å²) < 4.78 is 11.0. The maximum atomic E-state index is 12.8. The molecular weight excluding hydrogens is 266 g/mol. The van der Waals surface area contributed by atoms with Crippen molar-refractivity contribution >= 4 is 11.6 Å². The van der Waals surface area contributed by atoms with Gasteiger partial charge in [-0.1, -0.05) is 36.4 Å². The lowest BCUT2D eigenvalue weighted by Gasteiger charge is -2.24. The Kier molecular flexibility index (Phi) is 3.99. The Balaban J connectivity index is 1.99. The van der Waals surface area contributed by atoms with Gasteiger partial charge in [-0.2, -0.15) is 0 Å². The highest BCUT2D eigenvalue weighted by atomic mass is 16.7. The summed E-state index contributed by atoms with van der Waals surface area (Å²) in [5.74, 6) is -0.0457. The van der Waals surface area contributed by atoms with Crippen molar-refractivity contribution in [3.05, 3.63) is 65.7 Å². The molecule has 2 aromatic rings. The molecule has 3 rings (SSSR count). The van der Waals surface area contributed by atoms with Crippen molar-refractivity contribution in [3.63, 3.8) is 0 Å². The van der Waals surface area contributed by atoms with Gasteiger partial charge >= 0.3 is 0 Å². The second kappa shape index (κ2) is 6.08. The fourth-order valence-electron chi connectivity index (χ4n) is 2.45. The number of rotatable bonds is 2. The van der Waals surface area contributed by atoms with E-state index in [2.05, 4.69) is 0 Å². The number of carbonyl (C=O) groups is 1. The molecule has 1 heterocycles. The topological polar surface area (TPSA) is 38.8 Å². The van der Waals surface area contributed by atoms with Crippen molar-refractivity contribution in [1.29, 1.82) is 0 Å². The summed E-state index contributed by atoms with van der Waals surface area (Å²) in [6.45, 7) is 0.814. The zero-order chi connectivity index (χ0) is 14.7. The maximum Gasteiger partial charge on any atom is 0.258 e. The van der Waals surface area contributed by atoms with Gasteiger partial charge in [0.15, 0.2) is 6.29 Å². The minimum absolute atomic E-state index is 0.0457. The zero-order valence-electron chi connectivity index (χ0n) is 11.9. The van der Waals surface area contributed by atoms with Gasteiger partial charge in [0.2, 0.25) is 0 Å². The molecule has 0 radical (unpaired) electrons. The van der Waals surface area contributed by atoms with Crippen molar-refractivity contribution in [2.45, 2.75) is 12.9 Å². The number of methoxy groups -OCH3 is 1. The molecule has 0 N–H and O–H groups in total. The smallest absolute Gasteiger partial charge is 0.258 e. The number of ether oxygens (including phenoxy) is 2. The SMILES string of the molecule is CO[C@H]1CN(C(=O)c2ccccc2)c2ccccc2CO1. The average molecular weight is 283 g/mol. The van der Waals surface area contributed by atoms with E-state index in [1.165, 1.54) is 0 Å². The monoisotopic (exact) mass is 283 g/mol. The van der Waals surface area contributed by atoms with Crippen LogP contribution in [0.4, 0.5) is 5.69 Å². The Morgan fingerprint density at radius 2 is 1.86 bits per heavy atom. The van der Waals surface area contributed by atoms with Crippen LogP contribution in [0.15, 0.2) is 54.6 Å². The van der Waals surface area contributed by atoms with Crippen LogP contribution in [0.3, 0.4) is 0 Å². The molecule has 0 aliphatic carbocycles. The molecule has 1 aliphatic heterocycles. The second-order valence-electron chi connectivity index (χ2n) is 4.89. The Labute approximate surface area is 123 Å². The number of nitrogens with zero attached hydrogens (tertiary/aromatic N) is 1. The number of hydrogen-bond donors (Lipinski definition) is 0. The lowest BCUT2D eigenvalue weighted by Crippen LogP contribution is -2.38. The normalized spacial score (nSPS) is 18.0. The van der Waals surface area contributed by atoms with Crippen LogP contribution in [0.25, 0.3) is 0 Å². The lowest BCUT2D eigenvalue weighted by atomic mass is 10.1. The van der Waals surface area contributed by atoms with E-state index in [0.717, 1.165) is 11.3 Å². The van der Waals surface area contributed by atoms with Gasteiger partial charge < -0.3 is 14.4 Å². The third-order valence-electron chi connectivity index (χ3n) is 3.57. The van der Waals surface area contributed by atoms with Crippen LogP contribution in [-0.4, -0.2) is 25.9 Å². The van der Waals surface area contributed by atoms with Gasteiger partial charge in [-0.3, -0.25) is 4.79 Å². The molecule has 4 nitrogen and oxygen atoms in total. The fourth-order valence-corrected chi connectivity index (χ4v) is 2.45. The molecule has 0 saturated heterocycles. The first-order chi connectivity index (χ1) is 10.3. The van der Waals surface area contributed by atoms with Gasteiger partial charge in [-0.05, 0) is 18.2 Å². The summed E-state index contributed by atoms with van der Waals surface area (Å²) in [5, 5.41) is 0. The highest BCUT2D eigenvalue weighted by molar-refractivity contribution is 6.06. The van der Waals surface area contributed by atoms with Crippen molar-refractivity contribution in [2.75, 3.05) is 18.6 Å². The predicted octanol–water partition coefficient (Wildman–Crippen LogP) is 2.84. The molecule has 0 bridgehead atoms. The van der Waals surface area contributed by atoms with Crippen LogP contribution < -0.4 is 4.90 Å². The van der Waals surface area contributed by atoms with Gasteiger partial charge in [0.05, 0.1) is 13.2 Å². The minimum Gasteiger partial charge on any atom is -0.354 e. The van der Waals surface area contributed by atoms with E-state index in [9.17, 15) is 4.79 Å². The van der Waals surface area contributed by atoms with Gasteiger partial charge in [0.1, 0.15) is 0 Å². The number of amides is 1. The highest BCUT2D eigenvalue weighted by Gasteiger charge is 2.27. The predicted molar refractivity (Wildman–Crippen MR) is 80.1 cm³/mol. The van der Waals surface area contributed by atoms with Gasteiger partial charge in [0, 0.05) is 23.9 Å². The fraction of sp³-hybridized carbons (Fsp3) is 0.235. The largest absolute Gasteiger partial charge is 0.354 e. The number of fused-ring (bicyclic) bond motifs is 1. The molecule has 0 spiro atoms. The molecule has 1 atom stereocenters. The van der Waals surface area contributed by atoms with E-state index in [0.29, 0.717) is 18.7 Å². The van der Waals surface area contributed by atoms with E-state index < -0.39 is 6.29 Å². The van der Waals surface area contributed by atoms with Crippen LogP contribution >= 0.6 is 0 Å². The Morgan fingerprint density at radius 3 is 2.62 bits per heavy atom. The summed E-state index contributed by atoms with van der Waals surface area (Å²) in [6, 6.07) is 17.0. The summed E-state index contributed by atoms with van der Waals surface area (Å²) in [4.78, 5) is 14.5. The van der Waals surface area contributed by atoms with Crippen molar-refractivity contribution in [1.82, 2.24) is 0 Å². The van der Waals surface area contributed by atoms with E-state index in [1.807, 2.05) is 54.6 Å². The minimum atomic E-state index is -0.426. The van der Waals surface area contributed by atoms with Crippen LogP contribution in [0.5, 0.6) is 0 Å². The van der Waals surface area contributed by atoms with Crippen molar-refractivity contribution < 1.29 is 14.3 Å². The number of anilines is 1. The highest BCUT2D eigenvalue weighted by Crippen LogP contribution is 2.27.